The zero-order valence-corrected chi connectivity index (χ0v) is 26.6. The van der Waals surface area contributed by atoms with Crippen LogP contribution in [0.15, 0.2) is 72.8 Å². The highest BCUT2D eigenvalue weighted by atomic mass is 32.2. The predicted molar refractivity (Wildman–Crippen MR) is 173 cm³/mol. The number of rotatable bonds is 14. The second-order valence-corrected chi connectivity index (χ2v) is 13.1. The van der Waals surface area contributed by atoms with E-state index < -0.39 is 71.4 Å². The van der Waals surface area contributed by atoms with Gasteiger partial charge in [0.1, 0.15) is 28.7 Å². The number of halogens is 2. The van der Waals surface area contributed by atoms with Gasteiger partial charge in [-0.25, -0.2) is 13.6 Å². The van der Waals surface area contributed by atoms with Gasteiger partial charge in [0.05, 0.1) is 18.7 Å². The number of hydrogen-bond donors (Lipinski definition) is 4. The van der Waals surface area contributed by atoms with Crippen molar-refractivity contribution in [3.05, 3.63) is 95.6 Å². The van der Waals surface area contributed by atoms with Crippen LogP contribution in [0.25, 0.3) is 0 Å². The van der Waals surface area contributed by atoms with Crippen LogP contribution in [-0.4, -0.2) is 64.1 Å². The monoisotopic (exact) mass is 670 g/mol. The SMILES string of the molecule is [2H]CC(C)(C)C[C@H](NC(=O)CNC(=O)COc1ccc([C@@H]2[C@@H](SCC(O)c3ccc(F)cc3)C(=O)N2c2ccc(F)cc2)cc1)C(=O)O. The van der Waals surface area contributed by atoms with Crippen molar-refractivity contribution < 1.29 is 44.3 Å². The Balaban J connectivity index is 1.35. The van der Waals surface area contributed by atoms with E-state index in [4.69, 9.17) is 6.11 Å². The lowest BCUT2D eigenvalue weighted by Crippen LogP contribution is -2.57. The number of carbonyl (C=O) groups excluding carboxylic acids is 3. The normalized spacial score (nSPS) is 17.6. The van der Waals surface area contributed by atoms with Crippen LogP contribution in [0, 0.1) is 17.0 Å². The van der Waals surface area contributed by atoms with Crippen LogP contribution < -0.4 is 20.3 Å². The van der Waals surface area contributed by atoms with Gasteiger partial charge in [0.15, 0.2) is 6.61 Å². The van der Waals surface area contributed by atoms with Crippen molar-refractivity contribution in [1.82, 2.24) is 10.6 Å². The lowest BCUT2D eigenvalue weighted by Gasteiger charge is -2.47. The molecule has 4 N–H and O–H groups in total. The lowest BCUT2D eigenvalue weighted by molar-refractivity contribution is -0.142. The first-order valence-electron chi connectivity index (χ1n) is 15.4. The topological polar surface area (TPSA) is 145 Å². The first-order chi connectivity index (χ1) is 22.8. The molecule has 3 aromatic carbocycles. The molecule has 250 valence electrons. The highest BCUT2D eigenvalue weighted by Crippen LogP contribution is 2.46. The minimum Gasteiger partial charge on any atom is -0.484 e. The van der Waals surface area contributed by atoms with Crippen LogP contribution in [0.2, 0.25) is 0 Å². The van der Waals surface area contributed by atoms with Crippen LogP contribution in [0.4, 0.5) is 14.5 Å². The maximum Gasteiger partial charge on any atom is 0.326 e. The molecular formula is C34H37F2N3O7S. The maximum atomic E-state index is 13.6. The van der Waals surface area contributed by atoms with Gasteiger partial charge in [-0.1, -0.05) is 45.0 Å². The fraction of sp³-hybridized carbons (Fsp3) is 0.353. The molecule has 0 aromatic heterocycles. The number of carbonyl (C=O) groups is 4. The number of amides is 3. The van der Waals surface area contributed by atoms with E-state index in [0.717, 1.165) is 5.56 Å². The van der Waals surface area contributed by atoms with Gasteiger partial charge >= 0.3 is 5.97 Å². The van der Waals surface area contributed by atoms with Gasteiger partial charge in [0.2, 0.25) is 11.8 Å². The summed E-state index contributed by atoms with van der Waals surface area (Å²) in [5, 5.41) is 24.2. The summed E-state index contributed by atoms with van der Waals surface area (Å²) < 4.78 is 40.0. The number of nitrogens with one attached hydrogen (secondary N) is 2. The number of carboxylic acid groups (broad SMARTS) is 1. The largest absolute Gasteiger partial charge is 0.484 e. The third-order valence-corrected chi connectivity index (χ3v) is 8.59. The molecule has 0 spiro atoms. The third kappa shape index (κ3) is 9.75. The number of thioether (sulfide) groups is 1. The molecule has 1 aliphatic heterocycles. The van der Waals surface area contributed by atoms with Crippen molar-refractivity contribution in [2.45, 2.75) is 50.6 Å². The zero-order chi connectivity index (χ0) is 35.0. The number of aliphatic hydroxyl groups excluding tert-OH is 1. The number of benzene rings is 3. The van der Waals surface area contributed by atoms with Gasteiger partial charge in [0.25, 0.3) is 5.91 Å². The Morgan fingerprint density at radius 2 is 1.62 bits per heavy atom. The van der Waals surface area contributed by atoms with E-state index in [0.29, 0.717) is 17.0 Å². The molecule has 1 aliphatic rings. The molecule has 1 fully saturated rings. The summed E-state index contributed by atoms with van der Waals surface area (Å²) >= 11 is 1.25. The van der Waals surface area contributed by atoms with E-state index in [1.807, 2.05) is 0 Å². The summed E-state index contributed by atoms with van der Waals surface area (Å²) in [5.74, 6) is -3.14. The smallest absolute Gasteiger partial charge is 0.326 e. The number of carboxylic acids is 1. The zero-order valence-electron chi connectivity index (χ0n) is 26.8. The molecule has 0 saturated carbocycles. The summed E-state index contributed by atoms with van der Waals surface area (Å²) in [7, 11) is 0. The first kappa shape index (κ1) is 33.9. The van der Waals surface area contributed by atoms with Gasteiger partial charge in [0, 0.05) is 12.8 Å². The van der Waals surface area contributed by atoms with Crippen molar-refractivity contribution in [2.24, 2.45) is 5.41 Å². The van der Waals surface area contributed by atoms with Gasteiger partial charge in [-0.05, 0) is 71.5 Å². The Hall–Kier alpha value is -4.49. The number of ether oxygens (including phenoxy) is 1. The van der Waals surface area contributed by atoms with Crippen LogP contribution in [0.3, 0.4) is 0 Å². The number of hydrogen-bond acceptors (Lipinski definition) is 7. The molecule has 10 nitrogen and oxygen atoms in total. The van der Waals surface area contributed by atoms with Crippen molar-refractivity contribution in [3.63, 3.8) is 0 Å². The Labute approximate surface area is 276 Å². The van der Waals surface area contributed by atoms with Crippen molar-refractivity contribution in [2.75, 3.05) is 23.8 Å². The Morgan fingerprint density at radius 3 is 2.21 bits per heavy atom. The molecule has 3 amide bonds. The molecule has 1 saturated heterocycles. The maximum absolute atomic E-state index is 13.6. The fourth-order valence-corrected chi connectivity index (χ4v) is 6.25. The van der Waals surface area contributed by atoms with Crippen molar-refractivity contribution in [3.8, 4) is 5.75 Å². The Morgan fingerprint density at radius 1 is 1.00 bits per heavy atom. The second kappa shape index (κ2) is 15.4. The third-order valence-electron chi connectivity index (χ3n) is 7.27. The van der Waals surface area contributed by atoms with E-state index >= 15 is 0 Å². The molecule has 1 unspecified atom stereocenters. The average molecular weight is 671 g/mol. The van der Waals surface area contributed by atoms with Gasteiger partial charge in [-0.2, -0.15) is 0 Å². The second-order valence-electron chi connectivity index (χ2n) is 11.9. The van der Waals surface area contributed by atoms with E-state index in [-0.39, 0.29) is 25.0 Å². The molecule has 4 rings (SSSR count). The van der Waals surface area contributed by atoms with Crippen molar-refractivity contribution in [1.29, 1.82) is 0 Å². The number of aliphatic hydroxyl groups is 1. The Kier molecular flexibility index (Phi) is 11.1. The van der Waals surface area contributed by atoms with Crippen LogP contribution in [-0.2, 0) is 19.2 Å². The molecule has 13 heteroatoms. The summed E-state index contributed by atoms with van der Waals surface area (Å²) in [6.07, 6.45) is -0.880. The Bertz CT molecular complexity index is 1590. The molecule has 0 radical (unpaired) electrons. The number of nitrogens with zero attached hydrogens (tertiary/aromatic N) is 1. The highest BCUT2D eigenvalue weighted by Gasteiger charge is 2.49. The van der Waals surface area contributed by atoms with E-state index in [1.165, 1.54) is 60.3 Å². The van der Waals surface area contributed by atoms with Gasteiger partial charge in [-0.3, -0.25) is 14.4 Å². The predicted octanol–water partition coefficient (Wildman–Crippen LogP) is 4.39. The van der Waals surface area contributed by atoms with Crippen molar-refractivity contribution >= 4 is 41.1 Å². The minimum atomic E-state index is -1.23. The molecular weight excluding hydrogens is 632 g/mol. The van der Waals surface area contributed by atoms with E-state index in [9.17, 15) is 38.2 Å². The number of β-lactam (4-membered cyclic amide) rings is 1. The van der Waals surface area contributed by atoms with Crippen LogP contribution in [0.5, 0.6) is 5.75 Å². The molecule has 1 heterocycles. The van der Waals surface area contributed by atoms with Gasteiger partial charge < -0.3 is 30.5 Å². The summed E-state index contributed by atoms with van der Waals surface area (Å²) in [6.45, 7) is 2.54. The molecule has 4 atom stereocenters. The minimum absolute atomic E-state index is 0.0183. The van der Waals surface area contributed by atoms with Gasteiger partial charge in [-0.15, -0.1) is 11.8 Å². The average Bonchev–Trinajstić information content (AvgIpc) is 3.06. The first-order valence-corrected chi connectivity index (χ1v) is 15.8. The van der Waals surface area contributed by atoms with E-state index in [1.54, 1.807) is 43.0 Å². The standard InChI is InChI=1S/C34H37F2N3O7S/c1-34(2,3)16-26(33(44)45)38-28(41)17-37-29(42)18-46-25-14-6-21(7-15-25)30-31(32(43)39(30)24-12-10-23(36)11-13-24)47-19-27(40)20-4-8-22(35)9-5-20/h4-15,26-27,30-31,40H,16-19H2,1-3H3,(H,37,42)(H,38,41)(H,44,45)/t26-,27?,30+,31+/m0/s1/i1D. The molecule has 3 aromatic rings. The molecule has 0 aliphatic carbocycles. The summed E-state index contributed by atoms with van der Waals surface area (Å²) in [5.41, 5.74) is 1.12. The highest BCUT2D eigenvalue weighted by molar-refractivity contribution is 8.00. The summed E-state index contributed by atoms with van der Waals surface area (Å²) in [6, 6.07) is 16.0. The number of anilines is 1. The molecule has 47 heavy (non-hydrogen) atoms. The lowest BCUT2D eigenvalue weighted by atomic mass is 9.88. The van der Waals surface area contributed by atoms with E-state index in [2.05, 4.69) is 10.6 Å². The summed E-state index contributed by atoms with van der Waals surface area (Å²) in [4.78, 5) is 51.0. The van der Waals surface area contributed by atoms with Crippen LogP contribution >= 0.6 is 11.8 Å². The molecule has 0 bridgehead atoms. The quantitative estimate of drug-likeness (QED) is 0.185. The van der Waals surface area contributed by atoms with Crippen LogP contribution in [0.1, 0.15) is 51.8 Å². The number of aliphatic carboxylic acids is 1. The fourth-order valence-electron chi connectivity index (χ4n) is 4.95.